The van der Waals surface area contributed by atoms with Gasteiger partial charge in [-0.3, -0.25) is 4.79 Å². The Morgan fingerprint density at radius 3 is 2.85 bits per heavy atom. The molecular formula is C14H16FN3O2. The van der Waals surface area contributed by atoms with Crippen LogP contribution in [0.2, 0.25) is 0 Å². The van der Waals surface area contributed by atoms with Crippen molar-refractivity contribution in [3.05, 3.63) is 46.9 Å². The van der Waals surface area contributed by atoms with Crippen molar-refractivity contribution in [2.24, 2.45) is 0 Å². The summed E-state index contributed by atoms with van der Waals surface area (Å²) < 4.78 is 18.9. The van der Waals surface area contributed by atoms with Crippen LogP contribution in [0.1, 0.15) is 34.5 Å². The van der Waals surface area contributed by atoms with Crippen molar-refractivity contribution >= 4 is 11.6 Å². The van der Waals surface area contributed by atoms with Gasteiger partial charge in [0.25, 0.3) is 5.91 Å². The van der Waals surface area contributed by atoms with Crippen molar-refractivity contribution in [2.75, 3.05) is 5.73 Å². The first-order chi connectivity index (χ1) is 9.51. The number of carbonyl (C=O) groups excluding carboxylic acids is 1. The Morgan fingerprint density at radius 1 is 1.50 bits per heavy atom. The molecule has 0 unspecified atom stereocenters. The van der Waals surface area contributed by atoms with E-state index >= 15 is 0 Å². The largest absolute Gasteiger partial charge is 0.444 e. The number of halogens is 1. The second-order valence-corrected chi connectivity index (χ2v) is 4.43. The van der Waals surface area contributed by atoms with E-state index in [1.54, 1.807) is 13.1 Å². The number of hydrogen-bond acceptors (Lipinski definition) is 4. The highest BCUT2D eigenvalue weighted by Gasteiger charge is 2.12. The van der Waals surface area contributed by atoms with Crippen LogP contribution in [0, 0.1) is 12.7 Å². The van der Waals surface area contributed by atoms with Crippen LogP contribution < -0.4 is 11.1 Å². The summed E-state index contributed by atoms with van der Waals surface area (Å²) in [4.78, 5) is 15.9. The molecule has 3 N–H and O–H groups in total. The zero-order valence-corrected chi connectivity index (χ0v) is 11.4. The van der Waals surface area contributed by atoms with Gasteiger partial charge in [-0.2, -0.15) is 0 Å². The molecule has 0 radical (unpaired) electrons. The van der Waals surface area contributed by atoms with E-state index in [2.05, 4.69) is 10.3 Å². The Morgan fingerprint density at radius 2 is 2.25 bits per heavy atom. The molecule has 0 aliphatic carbocycles. The minimum absolute atomic E-state index is 0.147. The van der Waals surface area contributed by atoms with Crippen molar-refractivity contribution in [1.29, 1.82) is 0 Å². The smallest absolute Gasteiger partial charge is 0.251 e. The van der Waals surface area contributed by atoms with Crippen LogP contribution in [0.25, 0.3) is 0 Å². The van der Waals surface area contributed by atoms with Gasteiger partial charge in [0.15, 0.2) is 0 Å². The molecule has 20 heavy (non-hydrogen) atoms. The molecule has 5 nitrogen and oxygen atoms in total. The molecule has 0 bridgehead atoms. The minimum atomic E-state index is -0.500. The topological polar surface area (TPSA) is 81.2 Å². The lowest BCUT2D eigenvalue weighted by Crippen LogP contribution is -2.23. The van der Waals surface area contributed by atoms with Crippen molar-refractivity contribution < 1.29 is 13.6 Å². The number of anilines is 1. The van der Waals surface area contributed by atoms with Gasteiger partial charge < -0.3 is 15.5 Å². The average Bonchev–Trinajstić information content (AvgIpc) is 2.89. The van der Waals surface area contributed by atoms with Crippen molar-refractivity contribution in [3.63, 3.8) is 0 Å². The molecule has 1 amide bonds. The molecule has 0 spiro atoms. The molecule has 1 aromatic carbocycles. The van der Waals surface area contributed by atoms with E-state index in [1.165, 1.54) is 6.07 Å². The van der Waals surface area contributed by atoms with Crippen molar-refractivity contribution in [1.82, 2.24) is 10.3 Å². The number of carbonyl (C=O) groups is 1. The Balaban J connectivity index is 2.05. The SMILES string of the molecule is CCc1cnc(CNC(=O)c2cc(N)c(C)c(F)c2)o1. The zero-order chi connectivity index (χ0) is 14.7. The number of nitrogens with one attached hydrogen (secondary N) is 1. The molecule has 2 aromatic rings. The molecule has 0 aliphatic heterocycles. The summed E-state index contributed by atoms with van der Waals surface area (Å²) in [5, 5.41) is 2.61. The fourth-order valence-electron chi connectivity index (χ4n) is 1.68. The minimum Gasteiger partial charge on any atom is -0.444 e. The van der Waals surface area contributed by atoms with E-state index in [-0.39, 0.29) is 17.8 Å². The van der Waals surface area contributed by atoms with Gasteiger partial charge in [-0.1, -0.05) is 6.92 Å². The summed E-state index contributed by atoms with van der Waals surface area (Å²) in [6.45, 7) is 3.65. The first kappa shape index (κ1) is 14.0. The lowest BCUT2D eigenvalue weighted by molar-refractivity contribution is 0.0946. The molecular weight excluding hydrogens is 261 g/mol. The number of aryl methyl sites for hydroxylation is 1. The van der Waals surface area contributed by atoms with Crippen molar-refractivity contribution in [3.8, 4) is 0 Å². The Bertz CT molecular complexity index is 614. The third-order valence-electron chi connectivity index (χ3n) is 3.00. The predicted octanol–water partition coefficient (Wildman–Crippen LogP) is 2.20. The van der Waals surface area contributed by atoms with Crippen molar-refractivity contribution in [2.45, 2.75) is 26.8 Å². The number of nitrogens with two attached hydrogens (primary N) is 1. The van der Waals surface area contributed by atoms with Gasteiger partial charge >= 0.3 is 0 Å². The fraction of sp³-hybridized carbons (Fsp3) is 0.286. The van der Waals surface area contributed by atoms with Gasteiger partial charge in [-0.05, 0) is 19.1 Å². The molecule has 1 aromatic heterocycles. The Hall–Kier alpha value is -2.37. The van der Waals surface area contributed by atoms with Crippen LogP contribution >= 0.6 is 0 Å². The lowest BCUT2D eigenvalue weighted by atomic mass is 10.1. The third kappa shape index (κ3) is 2.96. The average molecular weight is 277 g/mol. The van der Waals surface area contributed by atoms with E-state index in [0.717, 1.165) is 18.2 Å². The normalized spacial score (nSPS) is 10.6. The molecule has 6 heteroatoms. The molecule has 1 heterocycles. The van der Waals surface area contributed by atoms with Crippen LogP contribution in [0.4, 0.5) is 10.1 Å². The van der Waals surface area contributed by atoms with E-state index in [0.29, 0.717) is 11.5 Å². The summed E-state index contributed by atoms with van der Waals surface area (Å²) in [5.74, 6) is 0.238. The molecule has 0 aliphatic rings. The number of nitrogens with zero attached hydrogens (tertiary/aromatic N) is 1. The number of nitrogen functional groups attached to an aromatic ring is 1. The molecule has 0 fully saturated rings. The molecule has 0 saturated carbocycles. The highest BCUT2D eigenvalue weighted by Crippen LogP contribution is 2.17. The molecule has 0 atom stereocenters. The summed E-state index contributed by atoms with van der Waals surface area (Å²) >= 11 is 0. The maximum Gasteiger partial charge on any atom is 0.251 e. The van der Waals surface area contributed by atoms with E-state index in [4.69, 9.17) is 10.2 Å². The van der Waals surface area contributed by atoms with Crippen LogP contribution in [-0.2, 0) is 13.0 Å². The zero-order valence-electron chi connectivity index (χ0n) is 11.4. The van der Waals surface area contributed by atoms with E-state index in [1.807, 2.05) is 6.92 Å². The number of amides is 1. The summed E-state index contributed by atoms with van der Waals surface area (Å²) in [5.41, 5.74) is 6.40. The quantitative estimate of drug-likeness (QED) is 0.839. The number of rotatable bonds is 4. The van der Waals surface area contributed by atoms with E-state index in [9.17, 15) is 9.18 Å². The van der Waals surface area contributed by atoms with Gasteiger partial charge in [-0.15, -0.1) is 0 Å². The van der Waals surface area contributed by atoms with Crippen LogP contribution in [-0.4, -0.2) is 10.9 Å². The lowest BCUT2D eigenvalue weighted by Gasteiger charge is -2.07. The second-order valence-electron chi connectivity index (χ2n) is 4.43. The number of hydrogen-bond donors (Lipinski definition) is 2. The second kappa shape index (κ2) is 5.73. The standard InChI is InChI=1S/C14H16FN3O2/c1-3-10-6-17-13(20-10)7-18-14(19)9-4-11(15)8(2)12(16)5-9/h4-6H,3,7,16H2,1-2H3,(H,18,19). The van der Waals surface area contributed by atoms with Gasteiger partial charge in [0.05, 0.1) is 12.7 Å². The number of benzene rings is 1. The van der Waals surface area contributed by atoms with Crippen LogP contribution in [0.3, 0.4) is 0 Å². The first-order valence-electron chi connectivity index (χ1n) is 6.28. The Labute approximate surface area is 116 Å². The number of oxazole rings is 1. The predicted molar refractivity (Wildman–Crippen MR) is 72.6 cm³/mol. The summed E-state index contributed by atoms with van der Waals surface area (Å²) in [7, 11) is 0. The number of aromatic nitrogens is 1. The first-order valence-corrected chi connectivity index (χ1v) is 6.28. The molecule has 106 valence electrons. The monoisotopic (exact) mass is 277 g/mol. The maximum atomic E-state index is 13.5. The summed E-state index contributed by atoms with van der Waals surface area (Å²) in [6, 6.07) is 2.61. The Kier molecular flexibility index (Phi) is 4.02. The molecule has 0 saturated heterocycles. The maximum absolute atomic E-state index is 13.5. The summed E-state index contributed by atoms with van der Waals surface area (Å²) in [6.07, 6.45) is 2.35. The van der Waals surface area contributed by atoms with Gasteiger partial charge in [0.1, 0.15) is 11.6 Å². The van der Waals surface area contributed by atoms with Gasteiger partial charge in [0.2, 0.25) is 5.89 Å². The fourth-order valence-corrected chi connectivity index (χ4v) is 1.68. The van der Waals surface area contributed by atoms with Crippen LogP contribution in [0.15, 0.2) is 22.7 Å². The van der Waals surface area contributed by atoms with E-state index < -0.39 is 11.7 Å². The van der Waals surface area contributed by atoms with Gasteiger partial charge in [-0.25, -0.2) is 9.37 Å². The highest BCUT2D eigenvalue weighted by molar-refractivity contribution is 5.95. The van der Waals surface area contributed by atoms with Gasteiger partial charge in [0, 0.05) is 23.2 Å². The molecule has 2 rings (SSSR count). The third-order valence-corrected chi connectivity index (χ3v) is 3.00. The van der Waals surface area contributed by atoms with Crippen LogP contribution in [0.5, 0.6) is 0 Å². The highest BCUT2D eigenvalue weighted by atomic mass is 19.1.